The van der Waals surface area contributed by atoms with E-state index in [1.165, 1.54) is 27.9 Å². The van der Waals surface area contributed by atoms with Crippen LogP contribution in [0.2, 0.25) is 0 Å². The molecule has 0 saturated carbocycles. The maximum Gasteiger partial charge on any atom is -0.00779 e. The van der Waals surface area contributed by atoms with Crippen molar-refractivity contribution in [2.75, 3.05) is 0 Å². The van der Waals surface area contributed by atoms with E-state index in [4.69, 9.17) is 0 Å². The zero-order valence-electron chi connectivity index (χ0n) is 12.8. The summed E-state index contributed by atoms with van der Waals surface area (Å²) in [6, 6.07) is 10.5. The fraction of sp³-hybridized carbons (Fsp3) is 0.263. The molecule has 0 aliphatic heterocycles. The van der Waals surface area contributed by atoms with Crippen LogP contribution in [0.25, 0.3) is 5.57 Å². The smallest absolute Gasteiger partial charge is 0.00779 e. The molecule has 0 N–H and O–H groups in total. The summed E-state index contributed by atoms with van der Waals surface area (Å²) in [6.07, 6.45) is 0. The van der Waals surface area contributed by atoms with Crippen molar-refractivity contribution in [1.82, 2.24) is 0 Å². The Balaban J connectivity index is 3.65. The van der Waals surface area contributed by atoms with Crippen LogP contribution in [0.4, 0.5) is 0 Å². The average Bonchev–Trinajstić information content (AvgIpc) is 2.34. The molecule has 0 aliphatic rings. The molecule has 1 aromatic carbocycles. The van der Waals surface area contributed by atoms with Gasteiger partial charge in [0, 0.05) is 0 Å². The van der Waals surface area contributed by atoms with Crippen molar-refractivity contribution >= 4 is 5.57 Å². The summed E-state index contributed by atoms with van der Waals surface area (Å²) in [4.78, 5) is 0. The molecule has 0 atom stereocenters. The van der Waals surface area contributed by atoms with Crippen molar-refractivity contribution in [1.29, 1.82) is 0 Å². The normalized spacial score (nSPS) is 11.6. The Hall–Kier alpha value is -1.82. The summed E-state index contributed by atoms with van der Waals surface area (Å²) in [5, 5.41) is 0. The zero-order valence-corrected chi connectivity index (χ0v) is 12.8. The van der Waals surface area contributed by atoms with Gasteiger partial charge in [-0.25, -0.2) is 0 Å². The average molecular weight is 252 g/mol. The topological polar surface area (TPSA) is 0 Å². The lowest BCUT2D eigenvalue weighted by molar-refractivity contribution is 1.26. The van der Waals surface area contributed by atoms with Gasteiger partial charge in [0.15, 0.2) is 0 Å². The van der Waals surface area contributed by atoms with E-state index in [9.17, 15) is 0 Å². The lowest BCUT2D eigenvalue weighted by Gasteiger charge is -2.19. The van der Waals surface area contributed by atoms with Gasteiger partial charge in [-0.1, -0.05) is 60.2 Å². The highest BCUT2D eigenvalue weighted by atomic mass is 14.2. The maximum absolute atomic E-state index is 4.14. The minimum Gasteiger partial charge on any atom is -0.0958 e. The van der Waals surface area contributed by atoms with Gasteiger partial charge in [-0.05, 0) is 56.9 Å². The summed E-state index contributed by atoms with van der Waals surface area (Å²) in [5.41, 5.74) is 8.42. The third-order valence-corrected chi connectivity index (χ3v) is 3.25. The molecule has 0 heterocycles. The van der Waals surface area contributed by atoms with Gasteiger partial charge in [-0.2, -0.15) is 0 Å². The van der Waals surface area contributed by atoms with Crippen LogP contribution in [-0.4, -0.2) is 0 Å². The second-order valence-corrected chi connectivity index (χ2v) is 5.30. The molecule has 0 unspecified atom stereocenters. The van der Waals surface area contributed by atoms with Crippen LogP contribution in [0.5, 0.6) is 0 Å². The standard InChI is InChI=1S/C19H24/c1-13(2)16(7)19(17-11-9-8-10-12-17)18(14(3)4)15(5)6/h8-12H,1,3H2,2,4-7H3/b19-16+. The summed E-state index contributed by atoms with van der Waals surface area (Å²) in [7, 11) is 0. The Morgan fingerprint density at radius 1 is 0.789 bits per heavy atom. The van der Waals surface area contributed by atoms with E-state index >= 15 is 0 Å². The summed E-state index contributed by atoms with van der Waals surface area (Å²) >= 11 is 0. The van der Waals surface area contributed by atoms with Gasteiger partial charge in [0.1, 0.15) is 0 Å². The molecule has 0 radical (unpaired) electrons. The molecule has 0 aromatic heterocycles. The van der Waals surface area contributed by atoms with E-state index in [0.29, 0.717) is 0 Å². The van der Waals surface area contributed by atoms with Crippen molar-refractivity contribution in [3.63, 3.8) is 0 Å². The predicted molar refractivity (Wildman–Crippen MR) is 87.0 cm³/mol. The first kappa shape index (κ1) is 15.2. The second kappa shape index (κ2) is 6.38. The van der Waals surface area contributed by atoms with E-state index in [0.717, 1.165) is 11.1 Å². The first-order chi connectivity index (χ1) is 8.86. The molecule has 0 aliphatic carbocycles. The Morgan fingerprint density at radius 3 is 1.68 bits per heavy atom. The van der Waals surface area contributed by atoms with Crippen LogP contribution in [0.3, 0.4) is 0 Å². The SMILES string of the molecule is C=C(C)C(=C(C)C)/C(=C(\C)C(=C)C)c1ccccc1. The molecule has 0 fully saturated rings. The largest absolute Gasteiger partial charge is 0.0958 e. The first-order valence-electron chi connectivity index (χ1n) is 6.62. The van der Waals surface area contributed by atoms with Crippen LogP contribution in [0.1, 0.15) is 40.2 Å². The minimum atomic E-state index is 1.10. The Kier molecular flexibility index (Phi) is 5.11. The summed E-state index contributed by atoms with van der Waals surface area (Å²) in [6.45, 7) is 18.8. The van der Waals surface area contributed by atoms with Crippen LogP contribution < -0.4 is 0 Å². The fourth-order valence-corrected chi connectivity index (χ4v) is 2.26. The van der Waals surface area contributed by atoms with Crippen LogP contribution in [0, 0.1) is 0 Å². The number of hydrogen-bond donors (Lipinski definition) is 0. The highest BCUT2D eigenvalue weighted by molar-refractivity contribution is 5.87. The molecule has 0 heteroatoms. The Bertz CT molecular complexity index is 547. The van der Waals surface area contributed by atoms with Gasteiger partial charge in [-0.3, -0.25) is 0 Å². The number of rotatable bonds is 4. The quantitative estimate of drug-likeness (QED) is 0.581. The van der Waals surface area contributed by atoms with Gasteiger partial charge in [0.05, 0.1) is 0 Å². The lowest BCUT2D eigenvalue weighted by atomic mass is 9.86. The third-order valence-electron chi connectivity index (χ3n) is 3.25. The molecule has 0 bridgehead atoms. The second-order valence-electron chi connectivity index (χ2n) is 5.30. The summed E-state index contributed by atoms with van der Waals surface area (Å²) < 4.78 is 0. The molecule has 1 aromatic rings. The van der Waals surface area contributed by atoms with Gasteiger partial charge >= 0.3 is 0 Å². The first-order valence-corrected chi connectivity index (χ1v) is 6.62. The number of benzene rings is 1. The monoisotopic (exact) mass is 252 g/mol. The molecular weight excluding hydrogens is 228 g/mol. The number of allylic oxidation sites excluding steroid dienone is 6. The highest BCUT2D eigenvalue weighted by Gasteiger charge is 2.14. The van der Waals surface area contributed by atoms with Crippen LogP contribution >= 0.6 is 0 Å². The van der Waals surface area contributed by atoms with E-state index in [1.807, 2.05) is 6.07 Å². The summed E-state index contributed by atoms with van der Waals surface area (Å²) in [5.74, 6) is 0. The lowest BCUT2D eigenvalue weighted by Crippen LogP contribution is -1.98. The minimum absolute atomic E-state index is 1.10. The predicted octanol–water partition coefficient (Wildman–Crippen LogP) is 5.95. The van der Waals surface area contributed by atoms with E-state index in [2.05, 4.69) is 72.0 Å². The van der Waals surface area contributed by atoms with Crippen molar-refractivity contribution in [3.05, 3.63) is 76.9 Å². The molecule has 0 spiro atoms. The van der Waals surface area contributed by atoms with E-state index in [1.54, 1.807) is 0 Å². The van der Waals surface area contributed by atoms with Crippen molar-refractivity contribution in [2.24, 2.45) is 0 Å². The Labute approximate surface area is 117 Å². The van der Waals surface area contributed by atoms with Gasteiger partial charge in [0.25, 0.3) is 0 Å². The molecule has 1 rings (SSSR count). The van der Waals surface area contributed by atoms with Gasteiger partial charge in [0.2, 0.25) is 0 Å². The molecular formula is C19H24. The zero-order chi connectivity index (χ0) is 14.6. The van der Waals surface area contributed by atoms with Crippen molar-refractivity contribution in [3.8, 4) is 0 Å². The fourth-order valence-electron chi connectivity index (χ4n) is 2.26. The molecule has 0 saturated heterocycles. The van der Waals surface area contributed by atoms with Crippen molar-refractivity contribution in [2.45, 2.75) is 34.6 Å². The molecule has 19 heavy (non-hydrogen) atoms. The number of hydrogen-bond acceptors (Lipinski definition) is 0. The third kappa shape index (κ3) is 3.57. The Morgan fingerprint density at radius 2 is 1.32 bits per heavy atom. The molecule has 100 valence electrons. The molecule has 0 amide bonds. The van der Waals surface area contributed by atoms with E-state index in [-0.39, 0.29) is 0 Å². The van der Waals surface area contributed by atoms with E-state index < -0.39 is 0 Å². The maximum atomic E-state index is 4.14. The van der Waals surface area contributed by atoms with Gasteiger partial charge < -0.3 is 0 Å². The van der Waals surface area contributed by atoms with Crippen molar-refractivity contribution < 1.29 is 0 Å². The molecule has 0 nitrogen and oxygen atoms in total. The highest BCUT2D eigenvalue weighted by Crippen LogP contribution is 2.34. The van der Waals surface area contributed by atoms with Crippen LogP contribution in [-0.2, 0) is 0 Å². The van der Waals surface area contributed by atoms with Crippen LogP contribution in [0.15, 0.2) is 71.4 Å². The van der Waals surface area contributed by atoms with Gasteiger partial charge in [-0.15, -0.1) is 0 Å².